The summed E-state index contributed by atoms with van der Waals surface area (Å²) in [5.41, 5.74) is 7.34. The van der Waals surface area contributed by atoms with Crippen LogP contribution in [-0.4, -0.2) is 21.9 Å². The summed E-state index contributed by atoms with van der Waals surface area (Å²) in [5, 5.41) is 2.98. The van der Waals surface area contributed by atoms with Gasteiger partial charge in [-0.25, -0.2) is 0 Å². The molecule has 1 aromatic carbocycles. The number of nitrogens with two attached hydrogens (primary N) is 1. The van der Waals surface area contributed by atoms with Crippen molar-refractivity contribution >= 4 is 22.4 Å². The molecule has 1 amide bonds. The Kier molecular flexibility index (Phi) is 5.17. The molecule has 0 aromatic heterocycles. The Bertz CT molecular complexity index is 511. The number of nitrogen functional groups attached to an aromatic ring is 1. The lowest BCUT2D eigenvalue weighted by Gasteiger charge is -2.22. The lowest BCUT2D eigenvalue weighted by atomic mass is 9.95. The minimum absolute atomic E-state index is 0.00977. The van der Waals surface area contributed by atoms with Gasteiger partial charge in [-0.2, -0.15) is 0 Å². The third-order valence-corrected chi connectivity index (χ3v) is 5.13. The zero-order valence-corrected chi connectivity index (χ0v) is 12.7. The standard InChI is InChI=1S/C15H22N2O2S/c1-11-6-5-9-13(15(11)16)20(19)10-14(18)17-12-7-3-2-4-8-12/h5-6,9,12H,2-4,7-8,10,16H2,1H3,(H,17,18). The van der Waals surface area contributed by atoms with E-state index in [-0.39, 0.29) is 17.7 Å². The van der Waals surface area contributed by atoms with E-state index >= 15 is 0 Å². The molecular weight excluding hydrogens is 272 g/mol. The Morgan fingerprint density at radius 1 is 1.35 bits per heavy atom. The molecule has 1 atom stereocenters. The maximum atomic E-state index is 12.2. The van der Waals surface area contributed by atoms with Gasteiger partial charge in [0, 0.05) is 6.04 Å². The van der Waals surface area contributed by atoms with E-state index in [1.54, 1.807) is 6.07 Å². The fourth-order valence-electron chi connectivity index (χ4n) is 2.57. The second-order valence-electron chi connectivity index (χ2n) is 5.38. The molecule has 1 aliphatic rings. The average molecular weight is 294 g/mol. The molecule has 1 aromatic rings. The first-order chi connectivity index (χ1) is 9.58. The summed E-state index contributed by atoms with van der Waals surface area (Å²) >= 11 is 0. The number of aryl methyl sites for hydroxylation is 1. The Hall–Kier alpha value is -1.36. The van der Waals surface area contributed by atoms with Crippen molar-refractivity contribution in [2.45, 2.75) is 50.0 Å². The first-order valence-corrected chi connectivity index (χ1v) is 8.42. The van der Waals surface area contributed by atoms with Crippen molar-refractivity contribution in [1.82, 2.24) is 5.32 Å². The highest BCUT2D eigenvalue weighted by molar-refractivity contribution is 7.86. The van der Waals surface area contributed by atoms with Crippen molar-refractivity contribution in [2.75, 3.05) is 11.5 Å². The van der Waals surface area contributed by atoms with Crippen LogP contribution >= 0.6 is 0 Å². The zero-order valence-electron chi connectivity index (χ0n) is 11.9. The van der Waals surface area contributed by atoms with Gasteiger partial charge in [0.05, 0.1) is 21.4 Å². The molecule has 0 bridgehead atoms. The Balaban J connectivity index is 1.93. The quantitative estimate of drug-likeness (QED) is 0.836. The Morgan fingerprint density at radius 3 is 2.75 bits per heavy atom. The predicted octanol–water partition coefficient (Wildman–Crippen LogP) is 2.13. The predicted molar refractivity (Wildman–Crippen MR) is 81.9 cm³/mol. The summed E-state index contributed by atoms with van der Waals surface area (Å²) in [5.74, 6) is -0.152. The van der Waals surface area contributed by atoms with E-state index in [2.05, 4.69) is 5.32 Å². The number of hydrogen-bond donors (Lipinski definition) is 2. The van der Waals surface area contributed by atoms with Crippen molar-refractivity contribution < 1.29 is 9.00 Å². The first-order valence-electron chi connectivity index (χ1n) is 7.11. The van der Waals surface area contributed by atoms with Crippen LogP contribution in [0.25, 0.3) is 0 Å². The molecule has 2 rings (SSSR count). The molecule has 0 spiro atoms. The number of rotatable bonds is 4. The molecule has 110 valence electrons. The van der Waals surface area contributed by atoms with Crippen LogP contribution in [0.2, 0.25) is 0 Å². The second-order valence-corrected chi connectivity index (χ2v) is 6.80. The lowest BCUT2D eigenvalue weighted by molar-refractivity contribution is -0.119. The summed E-state index contributed by atoms with van der Waals surface area (Å²) in [6.45, 7) is 1.87. The van der Waals surface area contributed by atoms with Crippen molar-refractivity contribution in [2.24, 2.45) is 0 Å². The maximum absolute atomic E-state index is 12.2. The van der Waals surface area contributed by atoms with Gasteiger partial charge in [0.15, 0.2) is 0 Å². The number of hydrogen-bond acceptors (Lipinski definition) is 3. The second kappa shape index (κ2) is 6.88. The smallest absolute Gasteiger partial charge is 0.233 e. The number of benzene rings is 1. The van der Waals surface area contributed by atoms with Gasteiger partial charge >= 0.3 is 0 Å². The van der Waals surface area contributed by atoms with E-state index in [0.717, 1.165) is 18.4 Å². The van der Waals surface area contributed by atoms with E-state index < -0.39 is 10.8 Å². The van der Waals surface area contributed by atoms with E-state index in [1.807, 2.05) is 19.1 Å². The van der Waals surface area contributed by atoms with Gasteiger partial charge in [-0.3, -0.25) is 9.00 Å². The van der Waals surface area contributed by atoms with Gasteiger partial charge in [-0.1, -0.05) is 31.4 Å². The van der Waals surface area contributed by atoms with Gasteiger partial charge in [-0.05, 0) is 31.4 Å². The Labute approximate surface area is 122 Å². The summed E-state index contributed by atoms with van der Waals surface area (Å²) in [6.07, 6.45) is 5.64. The summed E-state index contributed by atoms with van der Waals surface area (Å²) in [4.78, 5) is 12.5. The number of carbonyl (C=O) groups excluding carboxylic acids is 1. The lowest BCUT2D eigenvalue weighted by Crippen LogP contribution is -2.38. The largest absolute Gasteiger partial charge is 0.398 e. The SMILES string of the molecule is Cc1cccc(S(=O)CC(=O)NC2CCCCC2)c1N. The fraction of sp³-hybridized carbons (Fsp3) is 0.533. The van der Waals surface area contributed by atoms with Gasteiger partial charge in [0.25, 0.3) is 0 Å². The normalized spacial score (nSPS) is 17.6. The molecule has 1 aliphatic carbocycles. The minimum Gasteiger partial charge on any atom is -0.398 e. The number of nitrogens with one attached hydrogen (secondary N) is 1. The number of anilines is 1. The van der Waals surface area contributed by atoms with Crippen molar-refractivity contribution in [3.8, 4) is 0 Å². The molecule has 5 heteroatoms. The molecule has 0 aliphatic heterocycles. The first kappa shape index (κ1) is 15.0. The van der Waals surface area contributed by atoms with Crippen LogP contribution in [0.4, 0.5) is 5.69 Å². The molecule has 1 unspecified atom stereocenters. The third kappa shape index (κ3) is 3.82. The van der Waals surface area contributed by atoms with Crippen LogP contribution in [0.1, 0.15) is 37.7 Å². The summed E-state index contributed by atoms with van der Waals surface area (Å²) < 4.78 is 12.2. The van der Waals surface area contributed by atoms with Gasteiger partial charge in [-0.15, -0.1) is 0 Å². The number of carbonyl (C=O) groups is 1. The molecular formula is C15H22N2O2S. The van der Waals surface area contributed by atoms with E-state index in [1.165, 1.54) is 19.3 Å². The van der Waals surface area contributed by atoms with Gasteiger partial charge in [0.2, 0.25) is 5.91 Å². The van der Waals surface area contributed by atoms with Crippen LogP contribution in [-0.2, 0) is 15.6 Å². The summed E-state index contributed by atoms with van der Waals surface area (Å²) in [6, 6.07) is 5.67. The van der Waals surface area contributed by atoms with Crippen LogP contribution in [0.3, 0.4) is 0 Å². The van der Waals surface area contributed by atoms with E-state index in [0.29, 0.717) is 10.6 Å². The van der Waals surface area contributed by atoms with Gasteiger partial charge in [0.1, 0.15) is 5.75 Å². The number of para-hydroxylation sites is 1. The van der Waals surface area contributed by atoms with Crippen molar-refractivity contribution in [1.29, 1.82) is 0 Å². The highest BCUT2D eigenvalue weighted by Crippen LogP contribution is 2.21. The van der Waals surface area contributed by atoms with Crippen molar-refractivity contribution in [3.05, 3.63) is 23.8 Å². The average Bonchev–Trinajstić information content (AvgIpc) is 2.42. The van der Waals surface area contributed by atoms with Crippen LogP contribution in [0, 0.1) is 6.92 Å². The molecule has 3 N–H and O–H groups in total. The van der Waals surface area contributed by atoms with Crippen LogP contribution < -0.4 is 11.1 Å². The molecule has 0 radical (unpaired) electrons. The third-order valence-electron chi connectivity index (χ3n) is 3.76. The van der Waals surface area contributed by atoms with E-state index in [4.69, 9.17) is 5.73 Å². The molecule has 0 heterocycles. The fourth-order valence-corrected chi connectivity index (χ4v) is 3.68. The van der Waals surface area contributed by atoms with Gasteiger partial charge < -0.3 is 11.1 Å². The zero-order chi connectivity index (χ0) is 14.5. The monoisotopic (exact) mass is 294 g/mol. The minimum atomic E-state index is -1.38. The highest BCUT2D eigenvalue weighted by atomic mass is 32.2. The topological polar surface area (TPSA) is 72.2 Å². The molecule has 1 fully saturated rings. The van der Waals surface area contributed by atoms with E-state index in [9.17, 15) is 9.00 Å². The highest BCUT2D eigenvalue weighted by Gasteiger charge is 2.18. The maximum Gasteiger partial charge on any atom is 0.233 e. The van der Waals surface area contributed by atoms with Crippen LogP contribution in [0.5, 0.6) is 0 Å². The molecule has 0 saturated heterocycles. The molecule has 20 heavy (non-hydrogen) atoms. The van der Waals surface area contributed by atoms with Crippen LogP contribution in [0.15, 0.2) is 23.1 Å². The van der Waals surface area contributed by atoms with Crippen molar-refractivity contribution in [3.63, 3.8) is 0 Å². The summed E-state index contributed by atoms with van der Waals surface area (Å²) in [7, 11) is -1.38. The Morgan fingerprint density at radius 2 is 2.05 bits per heavy atom. The molecule has 4 nitrogen and oxygen atoms in total. The molecule has 1 saturated carbocycles. The number of amides is 1.